The van der Waals surface area contributed by atoms with E-state index in [1.807, 2.05) is 0 Å². The van der Waals surface area contributed by atoms with Gasteiger partial charge in [0.2, 0.25) is 0 Å². The lowest BCUT2D eigenvalue weighted by atomic mass is 9.95. The van der Waals surface area contributed by atoms with Crippen molar-refractivity contribution in [1.82, 2.24) is 0 Å². The van der Waals surface area contributed by atoms with Gasteiger partial charge < -0.3 is 5.11 Å². The van der Waals surface area contributed by atoms with E-state index in [1.54, 1.807) is 31.2 Å². The summed E-state index contributed by atoms with van der Waals surface area (Å²) >= 11 is 6.40. The second kappa shape index (κ2) is 4.60. The fraction of sp³-hybridized carbons (Fsp3) is 0.0588. The Morgan fingerprint density at radius 2 is 1.68 bits per heavy atom. The van der Waals surface area contributed by atoms with Gasteiger partial charge in [0.05, 0.1) is 11.9 Å². The summed E-state index contributed by atoms with van der Waals surface area (Å²) in [6, 6.07) is 4.96. The average Bonchev–Trinajstić information content (AvgIpc) is 2.59. The topological polar surface area (TPSA) is 20.2 Å². The maximum Gasteiger partial charge on any atom is 0.127 e. The first-order chi connectivity index (χ1) is 11.3. The highest BCUT2D eigenvalue weighted by atomic mass is 35.5. The molecule has 0 fully saturated rings. The summed E-state index contributed by atoms with van der Waals surface area (Å²) < 4.78 is 39.8. The molecule has 1 N–H and O–H groups in total. The third-order valence-corrected chi connectivity index (χ3v) is 3.58. The van der Waals surface area contributed by atoms with E-state index in [0.717, 1.165) is 0 Å². The van der Waals surface area contributed by atoms with E-state index >= 15 is 0 Å². The summed E-state index contributed by atoms with van der Waals surface area (Å²) in [4.78, 5) is 0. The SMILES string of the molecule is [2H]c1c([2H])c([2H])c(-c2c(Cl)c(C)c(O)c3ccccc23)c([2H])c1[2H]. The van der Waals surface area contributed by atoms with Gasteiger partial charge in [0, 0.05) is 16.5 Å². The van der Waals surface area contributed by atoms with Gasteiger partial charge in [0.25, 0.3) is 0 Å². The Kier molecular flexibility index (Phi) is 1.83. The highest BCUT2D eigenvalue weighted by molar-refractivity contribution is 6.36. The van der Waals surface area contributed by atoms with E-state index in [4.69, 9.17) is 18.5 Å². The lowest BCUT2D eigenvalue weighted by Crippen LogP contribution is -1.88. The van der Waals surface area contributed by atoms with Crippen LogP contribution in [0.2, 0.25) is 5.02 Å². The van der Waals surface area contributed by atoms with E-state index in [-0.39, 0.29) is 28.4 Å². The smallest absolute Gasteiger partial charge is 0.127 e. The van der Waals surface area contributed by atoms with E-state index < -0.39 is 18.1 Å². The van der Waals surface area contributed by atoms with Crippen molar-refractivity contribution < 1.29 is 12.0 Å². The van der Waals surface area contributed by atoms with Gasteiger partial charge in [-0.15, -0.1) is 0 Å². The molecule has 0 saturated heterocycles. The maximum atomic E-state index is 10.3. The van der Waals surface area contributed by atoms with Crippen LogP contribution in [0.15, 0.2) is 54.5 Å². The van der Waals surface area contributed by atoms with Crippen LogP contribution in [-0.4, -0.2) is 5.11 Å². The third kappa shape index (κ3) is 1.87. The summed E-state index contributed by atoms with van der Waals surface area (Å²) in [6.45, 7) is 1.63. The van der Waals surface area contributed by atoms with Crippen LogP contribution in [0.25, 0.3) is 21.9 Å². The predicted octanol–water partition coefficient (Wildman–Crippen LogP) is 5.17. The first kappa shape index (κ1) is 7.56. The van der Waals surface area contributed by atoms with Crippen LogP contribution in [-0.2, 0) is 0 Å². The number of benzene rings is 3. The largest absolute Gasteiger partial charge is 0.507 e. The van der Waals surface area contributed by atoms with E-state index in [2.05, 4.69) is 0 Å². The van der Waals surface area contributed by atoms with Gasteiger partial charge >= 0.3 is 0 Å². The van der Waals surface area contributed by atoms with Crippen molar-refractivity contribution in [3.63, 3.8) is 0 Å². The van der Waals surface area contributed by atoms with Gasteiger partial charge in [-0.3, -0.25) is 0 Å². The molecule has 0 bridgehead atoms. The summed E-state index contributed by atoms with van der Waals surface area (Å²) in [5, 5.41) is 11.5. The highest BCUT2D eigenvalue weighted by Crippen LogP contribution is 2.42. The zero-order valence-corrected chi connectivity index (χ0v) is 10.9. The standard InChI is InChI=1S/C17H13ClO/c1-11-16(18)15(12-7-3-2-4-8-12)13-9-5-6-10-14(13)17(11)19/h2-10,19H,1H3/i2D,3D,4D,7D,8D. The lowest BCUT2D eigenvalue weighted by molar-refractivity contribution is 0.477. The number of fused-ring (bicyclic) bond motifs is 1. The molecule has 2 heteroatoms. The molecule has 0 radical (unpaired) electrons. The average molecular weight is 274 g/mol. The molecule has 0 aliphatic heterocycles. The second-order valence-corrected chi connectivity index (χ2v) is 4.59. The Hall–Kier alpha value is -1.99. The van der Waals surface area contributed by atoms with Crippen molar-refractivity contribution in [1.29, 1.82) is 0 Å². The van der Waals surface area contributed by atoms with Gasteiger partial charge in [-0.1, -0.05) is 66.1 Å². The zero-order chi connectivity index (χ0) is 17.8. The van der Waals surface area contributed by atoms with Crippen LogP contribution >= 0.6 is 11.6 Å². The van der Waals surface area contributed by atoms with Gasteiger partial charge in [-0.2, -0.15) is 0 Å². The number of halogens is 1. The minimum absolute atomic E-state index is 0.0201. The summed E-state index contributed by atoms with van der Waals surface area (Å²) in [5.41, 5.74) is 0.766. The molecule has 0 aromatic heterocycles. The number of aromatic hydroxyl groups is 1. The van der Waals surface area contributed by atoms with E-state index in [1.165, 1.54) is 0 Å². The second-order valence-electron chi connectivity index (χ2n) is 4.21. The number of hydrogen-bond acceptors (Lipinski definition) is 1. The molecule has 0 unspecified atom stereocenters. The Morgan fingerprint density at radius 1 is 1.05 bits per heavy atom. The Bertz CT molecular complexity index is 971. The summed E-state index contributed by atoms with van der Waals surface area (Å²) in [5.74, 6) is 0.0201. The molecule has 0 aliphatic rings. The molecular weight excluding hydrogens is 256 g/mol. The number of phenols is 1. The van der Waals surface area contributed by atoms with Crippen molar-refractivity contribution in [2.45, 2.75) is 6.92 Å². The molecule has 0 atom stereocenters. The quantitative estimate of drug-likeness (QED) is 0.648. The van der Waals surface area contributed by atoms with Crippen LogP contribution < -0.4 is 0 Å². The molecule has 3 aromatic rings. The maximum absolute atomic E-state index is 10.3. The molecule has 0 amide bonds. The Morgan fingerprint density at radius 3 is 2.37 bits per heavy atom. The molecule has 0 saturated carbocycles. The molecule has 0 aliphatic carbocycles. The predicted molar refractivity (Wildman–Crippen MR) is 80.8 cm³/mol. The molecule has 19 heavy (non-hydrogen) atoms. The van der Waals surface area contributed by atoms with Crippen LogP contribution in [0.3, 0.4) is 0 Å². The fourth-order valence-electron chi connectivity index (χ4n) is 2.14. The van der Waals surface area contributed by atoms with Crippen molar-refractivity contribution >= 4 is 22.4 Å². The van der Waals surface area contributed by atoms with Gasteiger partial charge in [0.15, 0.2) is 0 Å². The first-order valence-corrected chi connectivity index (χ1v) is 6.12. The number of rotatable bonds is 1. The minimum Gasteiger partial charge on any atom is -0.507 e. The van der Waals surface area contributed by atoms with Crippen LogP contribution in [0.5, 0.6) is 5.75 Å². The summed E-state index contributed by atoms with van der Waals surface area (Å²) in [7, 11) is 0. The van der Waals surface area contributed by atoms with Crippen molar-refractivity contribution in [3.05, 3.63) is 65.1 Å². The zero-order valence-electron chi connectivity index (χ0n) is 15.1. The first-order valence-electron chi connectivity index (χ1n) is 8.24. The van der Waals surface area contributed by atoms with Gasteiger partial charge in [-0.05, 0) is 17.9 Å². The van der Waals surface area contributed by atoms with E-state index in [0.29, 0.717) is 21.9 Å². The molecule has 3 aromatic carbocycles. The third-order valence-electron chi connectivity index (χ3n) is 3.11. The molecule has 3 rings (SSSR count). The van der Waals surface area contributed by atoms with Crippen molar-refractivity contribution in [3.8, 4) is 16.9 Å². The summed E-state index contributed by atoms with van der Waals surface area (Å²) in [6.07, 6.45) is 0. The monoisotopic (exact) mass is 273 g/mol. The highest BCUT2D eigenvalue weighted by Gasteiger charge is 2.15. The number of hydrogen-bond donors (Lipinski definition) is 1. The van der Waals surface area contributed by atoms with Crippen LogP contribution in [0.1, 0.15) is 12.4 Å². The molecule has 1 nitrogen and oxygen atoms in total. The fourth-order valence-corrected chi connectivity index (χ4v) is 2.42. The van der Waals surface area contributed by atoms with Gasteiger partial charge in [-0.25, -0.2) is 0 Å². The normalized spacial score (nSPS) is 14.5. The molecule has 0 heterocycles. The Balaban J connectivity index is 2.58. The Labute approximate surface area is 124 Å². The number of phenolic OH excluding ortho intramolecular Hbond substituents is 1. The van der Waals surface area contributed by atoms with Crippen LogP contribution in [0.4, 0.5) is 0 Å². The van der Waals surface area contributed by atoms with Crippen molar-refractivity contribution in [2.75, 3.05) is 0 Å². The molecular formula is C17H13ClO. The lowest BCUT2D eigenvalue weighted by Gasteiger charge is -2.14. The molecule has 0 spiro atoms. The van der Waals surface area contributed by atoms with Crippen LogP contribution in [0, 0.1) is 6.92 Å². The van der Waals surface area contributed by atoms with Gasteiger partial charge in [0.1, 0.15) is 5.75 Å². The van der Waals surface area contributed by atoms with Crippen molar-refractivity contribution in [2.24, 2.45) is 0 Å². The molecule has 94 valence electrons. The minimum atomic E-state index is -0.454. The van der Waals surface area contributed by atoms with E-state index in [9.17, 15) is 5.11 Å².